The fourth-order valence-electron chi connectivity index (χ4n) is 2.19. The molecule has 0 radical (unpaired) electrons. The fourth-order valence-corrected chi connectivity index (χ4v) is 2.19. The van der Waals surface area contributed by atoms with Gasteiger partial charge in [0.1, 0.15) is 6.04 Å². The van der Waals surface area contributed by atoms with Crippen LogP contribution in [0.4, 0.5) is 18.9 Å². The lowest BCUT2D eigenvalue weighted by Crippen LogP contribution is -2.51. The average molecular weight is 419 g/mol. The van der Waals surface area contributed by atoms with E-state index in [0.29, 0.717) is 0 Å². The molecule has 160 valence electrons. The summed E-state index contributed by atoms with van der Waals surface area (Å²) >= 11 is 0. The number of hydroxylamine groups is 2. The molecule has 0 unspecified atom stereocenters. The highest BCUT2D eigenvalue weighted by atomic mass is 19.4. The largest absolute Gasteiger partial charge is 0.391 e. The van der Waals surface area contributed by atoms with Gasteiger partial charge in [-0.05, 0) is 26.3 Å². The molecule has 0 aromatic heterocycles. The molecule has 0 saturated heterocycles. The van der Waals surface area contributed by atoms with Crippen molar-refractivity contribution in [3.8, 4) is 0 Å². The quantitative estimate of drug-likeness (QED) is 0.284. The highest BCUT2D eigenvalue weighted by molar-refractivity contribution is 6.38. The van der Waals surface area contributed by atoms with Crippen LogP contribution in [0.2, 0.25) is 0 Å². The van der Waals surface area contributed by atoms with Gasteiger partial charge in [-0.25, -0.2) is 5.06 Å². The molecule has 29 heavy (non-hydrogen) atoms. The van der Waals surface area contributed by atoms with Gasteiger partial charge < -0.3 is 5.32 Å². The third kappa shape index (κ3) is 8.25. The minimum Gasteiger partial charge on any atom is -0.345 e. The van der Waals surface area contributed by atoms with Crippen LogP contribution in [0.3, 0.4) is 0 Å². The average Bonchev–Trinajstić information content (AvgIpc) is 2.60. The molecule has 0 aliphatic rings. The van der Waals surface area contributed by atoms with Crippen molar-refractivity contribution in [2.75, 3.05) is 0 Å². The van der Waals surface area contributed by atoms with E-state index in [0.717, 1.165) is 6.07 Å². The SMILES string of the molecule is CC(C)(C)ON(C=O)[C@@H](CC(F)(F)F)C(=O)C(=O)NCc1cccc([N+](=O)[O-])c1. The number of Topliss-reactive ketones (excluding diaryl/α,β-unsaturated/α-hetero) is 1. The Balaban J connectivity index is 2.96. The maximum absolute atomic E-state index is 12.9. The van der Waals surface area contributed by atoms with E-state index in [1.807, 2.05) is 0 Å². The zero-order valence-corrected chi connectivity index (χ0v) is 15.9. The molecule has 0 bridgehead atoms. The number of nitro groups is 1. The number of non-ortho nitro benzene ring substituents is 1. The molecule has 12 heteroatoms. The monoisotopic (exact) mass is 419 g/mol. The number of benzene rings is 1. The van der Waals surface area contributed by atoms with Crippen molar-refractivity contribution in [1.82, 2.24) is 10.4 Å². The first-order valence-corrected chi connectivity index (χ1v) is 8.28. The summed E-state index contributed by atoms with van der Waals surface area (Å²) in [7, 11) is 0. The van der Waals surface area contributed by atoms with Crippen molar-refractivity contribution in [3.63, 3.8) is 0 Å². The summed E-state index contributed by atoms with van der Waals surface area (Å²) in [4.78, 5) is 50.7. The van der Waals surface area contributed by atoms with E-state index in [1.54, 1.807) is 0 Å². The molecule has 1 rings (SSSR count). The highest BCUT2D eigenvalue weighted by Gasteiger charge is 2.42. The molecule has 0 spiro atoms. The summed E-state index contributed by atoms with van der Waals surface area (Å²) < 4.78 is 38.7. The Morgan fingerprint density at radius 1 is 1.31 bits per heavy atom. The van der Waals surface area contributed by atoms with Gasteiger partial charge in [0.15, 0.2) is 0 Å². The molecule has 1 aromatic carbocycles. The molecule has 9 nitrogen and oxygen atoms in total. The van der Waals surface area contributed by atoms with Crippen LogP contribution >= 0.6 is 0 Å². The van der Waals surface area contributed by atoms with Gasteiger partial charge in [0.05, 0.1) is 16.9 Å². The minimum atomic E-state index is -4.86. The van der Waals surface area contributed by atoms with Gasteiger partial charge in [0.2, 0.25) is 12.2 Å². The first-order chi connectivity index (χ1) is 13.2. The number of carbonyl (C=O) groups excluding carboxylic acids is 3. The normalized spacial score (nSPS) is 12.8. The molecule has 1 atom stereocenters. The molecular weight excluding hydrogens is 399 g/mol. The number of hydrogen-bond acceptors (Lipinski definition) is 6. The first-order valence-electron chi connectivity index (χ1n) is 8.28. The van der Waals surface area contributed by atoms with Crippen LogP contribution in [0, 0.1) is 10.1 Å². The smallest absolute Gasteiger partial charge is 0.345 e. The standard InChI is InChI=1S/C17H20F3N3O6/c1-16(2,3)29-22(10-24)13(8-17(18,19)20)14(25)15(26)21-9-11-5-4-6-12(7-11)23(27)28/h4-7,10,13H,8-9H2,1-3H3,(H,21,26)/t13-/m0/s1. The Kier molecular flexibility index (Phi) is 7.83. The topological polar surface area (TPSA) is 119 Å². The predicted molar refractivity (Wildman–Crippen MR) is 93.2 cm³/mol. The van der Waals surface area contributed by atoms with Crippen molar-refractivity contribution in [2.24, 2.45) is 0 Å². The van der Waals surface area contributed by atoms with Gasteiger partial charge in [-0.15, -0.1) is 0 Å². The van der Waals surface area contributed by atoms with Gasteiger partial charge >= 0.3 is 6.18 Å². The highest BCUT2D eigenvalue weighted by Crippen LogP contribution is 2.26. The molecule has 0 saturated carbocycles. The Morgan fingerprint density at radius 2 is 1.93 bits per heavy atom. The molecule has 0 heterocycles. The van der Waals surface area contributed by atoms with E-state index < -0.39 is 40.9 Å². The number of amides is 2. The van der Waals surface area contributed by atoms with Gasteiger partial charge in [-0.1, -0.05) is 12.1 Å². The summed E-state index contributed by atoms with van der Waals surface area (Å²) in [6, 6.07) is 2.89. The van der Waals surface area contributed by atoms with Gasteiger partial charge in [0, 0.05) is 18.7 Å². The first kappa shape index (κ1) is 24.0. The van der Waals surface area contributed by atoms with Crippen LogP contribution in [0.25, 0.3) is 0 Å². The molecule has 0 aliphatic carbocycles. The number of nitrogens with zero attached hydrogens (tertiary/aromatic N) is 2. The Morgan fingerprint density at radius 3 is 2.41 bits per heavy atom. The summed E-state index contributed by atoms with van der Waals surface area (Å²) in [5.41, 5.74) is -1.11. The van der Waals surface area contributed by atoms with Crippen LogP contribution in [-0.4, -0.2) is 45.9 Å². The number of carbonyl (C=O) groups is 3. The second kappa shape index (κ2) is 9.45. The second-order valence-corrected chi connectivity index (χ2v) is 6.98. The number of halogens is 3. The fraction of sp³-hybridized carbons (Fsp3) is 0.471. The molecule has 0 aliphatic heterocycles. The van der Waals surface area contributed by atoms with Crippen molar-refractivity contribution < 1.29 is 37.3 Å². The molecule has 2 amide bonds. The van der Waals surface area contributed by atoms with Crippen molar-refractivity contribution >= 4 is 23.8 Å². The third-order valence-corrected chi connectivity index (χ3v) is 3.32. The van der Waals surface area contributed by atoms with Gasteiger partial charge in [0.25, 0.3) is 11.6 Å². The van der Waals surface area contributed by atoms with Gasteiger partial charge in [-0.3, -0.25) is 29.3 Å². The van der Waals surface area contributed by atoms with E-state index >= 15 is 0 Å². The molecule has 1 aromatic rings. The van der Waals surface area contributed by atoms with Crippen molar-refractivity contribution in [3.05, 3.63) is 39.9 Å². The summed E-state index contributed by atoms with van der Waals surface area (Å²) in [5.74, 6) is -2.93. The van der Waals surface area contributed by atoms with Crippen LogP contribution in [-0.2, 0) is 25.8 Å². The van der Waals surface area contributed by atoms with E-state index in [9.17, 15) is 37.7 Å². The zero-order chi connectivity index (χ0) is 22.4. The van der Waals surface area contributed by atoms with Crippen LogP contribution in [0.15, 0.2) is 24.3 Å². The number of ketones is 1. The zero-order valence-electron chi connectivity index (χ0n) is 15.9. The Labute approximate surface area is 163 Å². The minimum absolute atomic E-state index is 0.104. The Hall–Kier alpha value is -3.02. The molecular formula is C17H20F3N3O6. The van der Waals surface area contributed by atoms with Crippen molar-refractivity contribution in [2.45, 2.75) is 51.6 Å². The third-order valence-electron chi connectivity index (χ3n) is 3.32. The van der Waals surface area contributed by atoms with E-state index in [-0.39, 0.29) is 29.3 Å². The number of rotatable bonds is 9. The summed E-state index contributed by atoms with van der Waals surface area (Å²) in [6.07, 6.45) is -6.75. The van der Waals surface area contributed by atoms with Gasteiger partial charge in [-0.2, -0.15) is 13.2 Å². The number of hydrogen-bond donors (Lipinski definition) is 1. The Bertz CT molecular complexity index is 776. The van der Waals surface area contributed by atoms with Crippen LogP contribution in [0.5, 0.6) is 0 Å². The predicted octanol–water partition coefficient (Wildman–Crippen LogP) is 2.29. The van der Waals surface area contributed by atoms with Crippen LogP contribution in [0.1, 0.15) is 32.8 Å². The molecule has 0 fully saturated rings. The lowest BCUT2D eigenvalue weighted by atomic mass is 10.1. The number of nitro benzene ring substituents is 1. The lowest BCUT2D eigenvalue weighted by Gasteiger charge is -2.32. The number of nitrogens with one attached hydrogen (secondary N) is 1. The lowest BCUT2D eigenvalue weighted by molar-refractivity contribution is -0.384. The number of alkyl halides is 3. The van der Waals surface area contributed by atoms with Crippen molar-refractivity contribution in [1.29, 1.82) is 0 Å². The maximum Gasteiger partial charge on any atom is 0.391 e. The second-order valence-electron chi connectivity index (χ2n) is 6.98. The van der Waals surface area contributed by atoms with E-state index in [4.69, 9.17) is 4.84 Å². The maximum atomic E-state index is 12.9. The van der Waals surface area contributed by atoms with E-state index in [1.165, 1.54) is 39.0 Å². The van der Waals surface area contributed by atoms with E-state index in [2.05, 4.69) is 5.32 Å². The summed E-state index contributed by atoms with van der Waals surface area (Å²) in [6.45, 7) is 4.00. The molecule has 1 N–H and O–H groups in total. The van der Waals surface area contributed by atoms with Crippen LogP contribution < -0.4 is 5.32 Å². The summed E-state index contributed by atoms with van der Waals surface area (Å²) in [5, 5.41) is 13.0.